The Morgan fingerprint density at radius 1 is 1.00 bits per heavy atom. The third-order valence-corrected chi connectivity index (χ3v) is 4.28. The zero-order valence-corrected chi connectivity index (χ0v) is 12.1. The monoisotopic (exact) mass is 287 g/mol. The van der Waals surface area contributed by atoms with Crippen molar-refractivity contribution in [3.8, 4) is 0 Å². The SMILES string of the molecule is C=C/C=c1\c(C)cc2ccc3c4c(ccc1c24)C(=O)NC3=O. The molecular formula is C19H13NO2. The highest BCUT2D eigenvalue weighted by atomic mass is 16.2. The lowest BCUT2D eigenvalue weighted by molar-refractivity contribution is 0.0845. The van der Waals surface area contributed by atoms with E-state index in [-0.39, 0.29) is 11.8 Å². The Labute approximate surface area is 126 Å². The Balaban J connectivity index is 2.36. The molecule has 1 aliphatic heterocycles. The van der Waals surface area contributed by atoms with Crippen LogP contribution in [0, 0.1) is 6.92 Å². The average Bonchev–Trinajstić information content (AvgIpc) is 2.50. The van der Waals surface area contributed by atoms with E-state index >= 15 is 0 Å². The molecule has 0 saturated carbocycles. The van der Waals surface area contributed by atoms with E-state index in [9.17, 15) is 9.59 Å². The Hall–Kier alpha value is -2.94. The molecule has 1 N–H and O–H groups in total. The van der Waals surface area contributed by atoms with Gasteiger partial charge in [0.15, 0.2) is 0 Å². The van der Waals surface area contributed by atoms with E-state index in [0.717, 1.165) is 32.3 Å². The molecule has 1 aliphatic rings. The highest BCUT2D eigenvalue weighted by Crippen LogP contribution is 2.33. The quantitative estimate of drug-likeness (QED) is 0.700. The summed E-state index contributed by atoms with van der Waals surface area (Å²) in [5.41, 5.74) is 2.25. The number of amides is 2. The average molecular weight is 287 g/mol. The molecule has 0 spiro atoms. The van der Waals surface area contributed by atoms with E-state index in [0.29, 0.717) is 11.1 Å². The summed E-state index contributed by atoms with van der Waals surface area (Å²) >= 11 is 0. The van der Waals surface area contributed by atoms with Crippen LogP contribution in [0.25, 0.3) is 27.6 Å². The minimum atomic E-state index is -0.332. The van der Waals surface area contributed by atoms with Crippen molar-refractivity contribution in [3.63, 3.8) is 0 Å². The molecule has 0 aromatic heterocycles. The van der Waals surface area contributed by atoms with Gasteiger partial charge in [0.1, 0.15) is 0 Å². The summed E-state index contributed by atoms with van der Waals surface area (Å²) in [6.45, 7) is 5.83. The van der Waals surface area contributed by atoms with Crippen molar-refractivity contribution in [3.05, 3.63) is 64.9 Å². The summed E-state index contributed by atoms with van der Waals surface area (Å²) in [5.74, 6) is -0.663. The number of hydrogen-bond donors (Lipinski definition) is 1. The number of benzene rings is 3. The molecule has 0 saturated heterocycles. The van der Waals surface area contributed by atoms with Crippen LogP contribution in [-0.4, -0.2) is 11.8 Å². The van der Waals surface area contributed by atoms with Crippen molar-refractivity contribution in [1.29, 1.82) is 0 Å². The molecule has 0 aliphatic carbocycles. The first-order chi connectivity index (χ1) is 10.6. The topological polar surface area (TPSA) is 46.2 Å². The Morgan fingerprint density at radius 2 is 1.68 bits per heavy atom. The Bertz CT molecular complexity index is 1040. The van der Waals surface area contributed by atoms with Crippen LogP contribution in [0.5, 0.6) is 0 Å². The molecule has 0 bridgehead atoms. The smallest absolute Gasteiger partial charge is 0.258 e. The second-order valence-electron chi connectivity index (χ2n) is 5.54. The first-order valence-electron chi connectivity index (χ1n) is 7.09. The van der Waals surface area contributed by atoms with Crippen LogP contribution in [0.4, 0.5) is 0 Å². The number of aryl methyl sites for hydroxylation is 1. The molecule has 0 atom stereocenters. The van der Waals surface area contributed by atoms with E-state index in [1.165, 1.54) is 0 Å². The lowest BCUT2D eigenvalue weighted by Crippen LogP contribution is -2.34. The lowest BCUT2D eigenvalue weighted by Gasteiger charge is -2.19. The Morgan fingerprint density at radius 3 is 2.36 bits per heavy atom. The fourth-order valence-electron chi connectivity index (χ4n) is 3.35. The van der Waals surface area contributed by atoms with Crippen LogP contribution < -0.4 is 10.5 Å². The summed E-state index contributed by atoms with van der Waals surface area (Å²) < 4.78 is 0. The van der Waals surface area contributed by atoms with Crippen molar-refractivity contribution in [2.75, 3.05) is 0 Å². The summed E-state index contributed by atoms with van der Waals surface area (Å²) in [6.07, 6.45) is 3.72. The molecule has 3 heteroatoms. The van der Waals surface area contributed by atoms with Crippen LogP contribution in [0.1, 0.15) is 26.3 Å². The lowest BCUT2D eigenvalue weighted by atomic mass is 9.88. The zero-order chi connectivity index (χ0) is 15.4. The van der Waals surface area contributed by atoms with Crippen LogP contribution in [0.15, 0.2) is 43.0 Å². The molecule has 0 unspecified atom stereocenters. The molecule has 3 nitrogen and oxygen atoms in total. The van der Waals surface area contributed by atoms with Gasteiger partial charge >= 0.3 is 0 Å². The maximum atomic E-state index is 12.1. The van der Waals surface area contributed by atoms with Gasteiger partial charge in [0.05, 0.1) is 0 Å². The number of imide groups is 1. The van der Waals surface area contributed by atoms with Gasteiger partial charge in [-0.25, -0.2) is 0 Å². The van der Waals surface area contributed by atoms with Crippen molar-refractivity contribution in [1.82, 2.24) is 5.32 Å². The molecular weight excluding hydrogens is 274 g/mol. The third-order valence-electron chi connectivity index (χ3n) is 4.28. The predicted octanol–water partition coefficient (Wildman–Crippen LogP) is 2.87. The summed E-state index contributed by atoms with van der Waals surface area (Å²) in [7, 11) is 0. The van der Waals surface area contributed by atoms with E-state index in [2.05, 4.69) is 24.9 Å². The first-order valence-corrected chi connectivity index (χ1v) is 7.09. The van der Waals surface area contributed by atoms with E-state index in [1.807, 2.05) is 18.2 Å². The molecule has 0 fully saturated rings. The second kappa shape index (κ2) is 4.28. The minimum absolute atomic E-state index is 0.332. The van der Waals surface area contributed by atoms with Gasteiger partial charge in [-0.2, -0.15) is 0 Å². The molecule has 106 valence electrons. The van der Waals surface area contributed by atoms with E-state index in [4.69, 9.17) is 0 Å². The second-order valence-corrected chi connectivity index (χ2v) is 5.54. The van der Waals surface area contributed by atoms with Gasteiger partial charge in [-0.1, -0.05) is 36.9 Å². The molecule has 22 heavy (non-hydrogen) atoms. The van der Waals surface area contributed by atoms with Gasteiger partial charge < -0.3 is 0 Å². The van der Waals surface area contributed by atoms with Gasteiger partial charge in [0.2, 0.25) is 0 Å². The maximum Gasteiger partial charge on any atom is 0.258 e. The summed E-state index contributed by atoms with van der Waals surface area (Å²) in [4.78, 5) is 24.2. The standard InChI is InChI=1S/C19H13NO2/c1-3-4-12-10(2)9-11-5-6-14-17-15(19(22)20-18(14)21)8-7-13(12)16(11)17/h3-9H,1H2,2H3,(H,20,21,22)/b12-4+. The highest BCUT2D eigenvalue weighted by molar-refractivity contribution is 6.30. The van der Waals surface area contributed by atoms with Crippen molar-refractivity contribution >= 4 is 39.4 Å². The molecule has 1 heterocycles. The number of hydrogen-bond acceptors (Lipinski definition) is 2. The molecule has 3 aromatic rings. The van der Waals surface area contributed by atoms with Crippen LogP contribution in [0.3, 0.4) is 0 Å². The van der Waals surface area contributed by atoms with E-state index in [1.54, 1.807) is 18.2 Å². The van der Waals surface area contributed by atoms with Crippen molar-refractivity contribution < 1.29 is 9.59 Å². The predicted molar refractivity (Wildman–Crippen MR) is 87.9 cm³/mol. The molecule has 4 rings (SSSR count). The van der Waals surface area contributed by atoms with Crippen LogP contribution >= 0.6 is 0 Å². The summed E-state index contributed by atoms with van der Waals surface area (Å²) in [6, 6.07) is 9.56. The molecule has 2 amide bonds. The summed E-state index contributed by atoms with van der Waals surface area (Å²) in [5, 5.41) is 7.27. The number of rotatable bonds is 1. The van der Waals surface area contributed by atoms with Crippen molar-refractivity contribution in [2.24, 2.45) is 0 Å². The Kier molecular flexibility index (Phi) is 2.48. The number of carbonyl (C=O) groups excluding carboxylic acids is 2. The fourth-order valence-corrected chi connectivity index (χ4v) is 3.35. The molecule has 3 aromatic carbocycles. The van der Waals surface area contributed by atoms with Gasteiger partial charge in [0, 0.05) is 16.5 Å². The van der Waals surface area contributed by atoms with Gasteiger partial charge in [-0.05, 0) is 46.0 Å². The van der Waals surface area contributed by atoms with E-state index < -0.39 is 0 Å². The molecule has 0 radical (unpaired) electrons. The van der Waals surface area contributed by atoms with Gasteiger partial charge in [-0.15, -0.1) is 0 Å². The van der Waals surface area contributed by atoms with Gasteiger partial charge in [-0.3, -0.25) is 14.9 Å². The largest absolute Gasteiger partial charge is 0.288 e. The maximum absolute atomic E-state index is 12.1. The van der Waals surface area contributed by atoms with Crippen molar-refractivity contribution in [2.45, 2.75) is 6.92 Å². The van der Waals surface area contributed by atoms with Crippen LogP contribution in [-0.2, 0) is 0 Å². The normalized spacial score (nSPS) is 14.7. The number of nitrogens with one attached hydrogen (secondary N) is 1. The first kappa shape index (κ1) is 12.8. The fraction of sp³-hybridized carbons (Fsp3) is 0.0526. The number of carbonyl (C=O) groups is 2. The zero-order valence-electron chi connectivity index (χ0n) is 12.1. The number of allylic oxidation sites excluding steroid dienone is 1. The minimum Gasteiger partial charge on any atom is -0.288 e. The highest BCUT2D eigenvalue weighted by Gasteiger charge is 2.26. The van der Waals surface area contributed by atoms with Crippen LogP contribution in [0.2, 0.25) is 0 Å². The van der Waals surface area contributed by atoms with Gasteiger partial charge in [0.25, 0.3) is 11.8 Å². The third kappa shape index (κ3) is 1.51.